The molecule has 0 aromatic carbocycles. The second-order valence-corrected chi connectivity index (χ2v) is 11.5. The molecule has 0 bridgehead atoms. The summed E-state index contributed by atoms with van der Waals surface area (Å²) in [4.78, 5) is 0. The van der Waals surface area contributed by atoms with Crippen LogP contribution in [-0.4, -0.2) is 40.0 Å². The molecule has 0 aromatic rings. The first kappa shape index (κ1) is 26.1. The minimum Gasteiger partial charge on any atom is -0.391 e. The van der Waals surface area contributed by atoms with Crippen molar-refractivity contribution in [3.63, 3.8) is 0 Å². The van der Waals surface area contributed by atoms with Crippen molar-refractivity contribution in [3.8, 4) is 0 Å². The average molecular weight is 443 g/mol. The molecule has 8 atom stereocenters. The molecule has 6 unspecified atom stereocenters. The van der Waals surface area contributed by atoms with Gasteiger partial charge in [-0.25, -0.2) is 0 Å². The van der Waals surface area contributed by atoms with Crippen LogP contribution in [0, 0.1) is 29.1 Å². The Morgan fingerprint density at radius 2 is 1.80 bits per heavy atom. The fourth-order valence-corrected chi connectivity index (χ4v) is 5.95. The Morgan fingerprint density at radius 1 is 1.10 bits per heavy atom. The van der Waals surface area contributed by atoms with Gasteiger partial charge in [0.15, 0.2) is 0 Å². The minimum atomic E-state index is -0.780. The standard InChI is InChI=1S/C25H47ClN2O2/c1-6-7-21(27)24(30)28-22(16(2)3)23(29)18-10-13-20(25(4,5)15-14-18)17-8-11-19(26)12-9-17/h8,11,16-24,28-30H,6-7,9-10,12-15,27H2,1-5H3/t17?,18?,19?,20-,21?,22-,23?,24?/m1/s1. The normalized spacial score (nSPS) is 33.7. The highest BCUT2D eigenvalue weighted by atomic mass is 35.5. The molecule has 4 nitrogen and oxygen atoms in total. The van der Waals surface area contributed by atoms with E-state index in [1.54, 1.807) is 0 Å². The summed E-state index contributed by atoms with van der Waals surface area (Å²) in [5, 5.41) is 25.3. The summed E-state index contributed by atoms with van der Waals surface area (Å²) in [5.41, 5.74) is 6.37. The van der Waals surface area contributed by atoms with Gasteiger partial charge in [-0.1, -0.05) is 53.2 Å². The Bertz CT molecular complexity index is 539. The summed E-state index contributed by atoms with van der Waals surface area (Å²) in [6.07, 6.45) is 11.6. The van der Waals surface area contributed by atoms with Gasteiger partial charge >= 0.3 is 0 Å². The molecule has 176 valence electrons. The van der Waals surface area contributed by atoms with Crippen LogP contribution >= 0.6 is 11.6 Å². The first-order chi connectivity index (χ1) is 14.1. The molecule has 30 heavy (non-hydrogen) atoms. The fraction of sp³-hybridized carbons (Fsp3) is 0.920. The van der Waals surface area contributed by atoms with Gasteiger partial charge in [0.2, 0.25) is 0 Å². The summed E-state index contributed by atoms with van der Waals surface area (Å²) >= 11 is 6.28. The maximum Gasteiger partial charge on any atom is 0.120 e. The van der Waals surface area contributed by atoms with Gasteiger partial charge in [0, 0.05) is 12.1 Å². The molecule has 0 spiro atoms. The molecule has 1 fully saturated rings. The molecule has 1 saturated carbocycles. The lowest BCUT2D eigenvalue weighted by Crippen LogP contribution is -2.56. The van der Waals surface area contributed by atoms with Crippen LogP contribution in [0.5, 0.6) is 0 Å². The lowest BCUT2D eigenvalue weighted by molar-refractivity contribution is 0.00370. The summed E-state index contributed by atoms with van der Waals surface area (Å²) < 4.78 is 0. The predicted octanol–water partition coefficient (Wildman–Crippen LogP) is 4.81. The van der Waals surface area contributed by atoms with E-state index >= 15 is 0 Å². The van der Waals surface area contributed by atoms with Gasteiger partial charge in [-0.05, 0) is 74.0 Å². The zero-order valence-corrected chi connectivity index (χ0v) is 20.6. The van der Waals surface area contributed by atoms with Gasteiger partial charge < -0.3 is 15.9 Å². The number of hydrogen-bond donors (Lipinski definition) is 4. The van der Waals surface area contributed by atoms with Crippen molar-refractivity contribution in [2.45, 2.75) is 116 Å². The number of aliphatic hydroxyl groups excluding tert-OH is 2. The van der Waals surface area contributed by atoms with E-state index in [0.29, 0.717) is 11.8 Å². The number of rotatable bonds is 9. The van der Waals surface area contributed by atoms with Crippen LogP contribution < -0.4 is 11.1 Å². The van der Waals surface area contributed by atoms with Crippen LogP contribution in [0.15, 0.2) is 12.2 Å². The number of alkyl halides is 1. The summed E-state index contributed by atoms with van der Waals surface area (Å²) in [6.45, 7) is 11.1. The van der Waals surface area contributed by atoms with Crippen LogP contribution in [0.4, 0.5) is 0 Å². The van der Waals surface area contributed by atoms with Crippen molar-refractivity contribution in [1.29, 1.82) is 0 Å². The quantitative estimate of drug-likeness (QED) is 0.179. The fourth-order valence-electron chi connectivity index (χ4n) is 5.74. The third-order valence-corrected chi connectivity index (χ3v) is 8.20. The van der Waals surface area contributed by atoms with Crippen LogP contribution in [0.25, 0.3) is 0 Å². The molecule has 2 aliphatic rings. The zero-order valence-electron chi connectivity index (χ0n) is 19.9. The SMILES string of the molecule is CCCC(N)C(O)N[C@H](C(C)C)C(O)C1CC[C@H](C2C=CC(Cl)CC2)C(C)(C)CC1. The van der Waals surface area contributed by atoms with Crippen LogP contribution in [-0.2, 0) is 0 Å². The van der Waals surface area contributed by atoms with Gasteiger partial charge in [-0.2, -0.15) is 0 Å². The molecule has 0 heterocycles. The molecule has 2 rings (SSSR count). The Labute approximate surface area is 190 Å². The molecule has 0 radical (unpaired) electrons. The van der Waals surface area contributed by atoms with Crippen molar-refractivity contribution in [1.82, 2.24) is 5.32 Å². The second-order valence-electron chi connectivity index (χ2n) is 10.9. The van der Waals surface area contributed by atoms with Gasteiger partial charge in [0.05, 0.1) is 11.5 Å². The van der Waals surface area contributed by atoms with Gasteiger partial charge in [0.1, 0.15) is 6.23 Å². The second kappa shape index (κ2) is 11.7. The molecular formula is C25H47ClN2O2. The topological polar surface area (TPSA) is 78.5 Å². The van der Waals surface area contributed by atoms with E-state index in [0.717, 1.165) is 44.9 Å². The Kier molecular flexibility index (Phi) is 10.1. The highest BCUT2D eigenvalue weighted by Crippen LogP contribution is 2.48. The first-order valence-electron chi connectivity index (χ1n) is 12.3. The molecule has 0 aromatic heterocycles. The van der Waals surface area contributed by atoms with Gasteiger partial charge in [0.25, 0.3) is 0 Å². The first-order valence-corrected chi connectivity index (χ1v) is 12.7. The van der Waals surface area contributed by atoms with E-state index in [-0.39, 0.29) is 34.7 Å². The van der Waals surface area contributed by atoms with E-state index in [9.17, 15) is 10.2 Å². The minimum absolute atomic E-state index is 0.154. The third kappa shape index (κ3) is 6.93. The molecule has 5 N–H and O–H groups in total. The van der Waals surface area contributed by atoms with E-state index in [1.807, 2.05) is 0 Å². The van der Waals surface area contributed by atoms with Crippen molar-refractivity contribution in [2.75, 3.05) is 0 Å². The molecule has 0 aliphatic heterocycles. The molecule has 0 saturated heterocycles. The summed E-state index contributed by atoms with van der Waals surface area (Å²) in [7, 11) is 0. The summed E-state index contributed by atoms with van der Waals surface area (Å²) in [5.74, 6) is 1.69. The lowest BCUT2D eigenvalue weighted by Gasteiger charge is -2.39. The number of allylic oxidation sites excluding steroid dienone is 2. The number of hydrogen-bond acceptors (Lipinski definition) is 4. The van der Waals surface area contributed by atoms with Crippen LogP contribution in [0.2, 0.25) is 0 Å². The zero-order chi connectivity index (χ0) is 22.5. The molecular weight excluding hydrogens is 396 g/mol. The largest absolute Gasteiger partial charge is 0.391 e. The van der Waals surface area contributed by atoms with E-state index in [2.05, 4.69) is 52.1 Å². The van der Waals surface area contributed by atoms with E-state index < -0.39 is 12.3 Å². The van der Waals surface area contributed by atoms with Crippen LogP contribution in [0.3, 0.4) is 0 Å². The van der Waals surface area contributed by atoms with Gasteiger partial charge in [-0.3, -0.25) is 5.32 Å². The van der Waals surface area contributed by atoms with Crippen molar-refractivity contribution < 1.29 is 10.2 Å². The highest BCUT2D eigenvalue weighted by Gasteiger charge is 2.41. The smallest absolute Gasteiger partial charge is 0.120 e. The van der Waals surface area contributed by atoms with E-state index in [4.69, 9.17) is 17.3 Å². The molecule has 5 heteroatoms. The number of nitrogens with one attached hydrogen (secondary N) is 1. The predicted molar refractivity (Wildman–Crippen MR) is 127 cm³/mol. The lowest BCUT2D eigenvalue weighted by atomic mass is 9.67. The van der Waals surface area contributed by atoms with E-state index in [1.165, 1.54) is 6.42 Å². The maximum absolute atomic E-state index is 11.3. The third-order valence-electron chi connectivity index (χ3n) is 7.83. The Balaban J connectivity index is 2.06. The summed E-state index contributed by atoms with van der Waals surface area (Å²) in [6, 6.07) is -0.455. The maximum atomic E-state index is 11.3. The monoisotopic (exact) mass is 442 g/mol. The Hall–Kier alpha value is -0.130. The van der Waals surface area contributed by atoms with Crippen molar-refractivity contribution >= 4 is 11.6 Å². The number of aliphatic hydroxyl groups is 2. The van der Waals surface area contributed by atoms with Crippen LogP contribution in [0.1, 0.15) is 86.0 Å². The number of halogens is 1. The molecule has 0 amide bonds. The van der Waals surface area contributed by atoms with Gasteiger partial charge in [-0.15, -0.1) is 11.6 Å². The highest BCUT2D eigenvalue weighted by molar-refractivity contribution is 6.21. The molecule has 2 aliphatic carbocycles. The van der Waals surface area contributed by atoms with Crippen molar-refractivity contribution in [3.05, 3.63) is 12.2 Å². The number of nitrogens with two attached hydrogens (primary N) is 1. The Morgan fingerprint density at radius 3 is 2.37 bits per heavy atom. The average Bonchev–Trinajstić information content (AvgIpc) is 2.84. The van der Waals surface area contributed by atoms with Crippen molar-refractivity contribution in [2.24, 2.45) is 34.8 Å².